The largest absolute Gasteiger partial charge is 0.481 e. The molecule has 248 valence electrons. The maximum absolute atomic E-state index is 14.1. The van der Waals surface area contributed by atoms with Crippen LogP contribution in [-0.2, 0) is 14.3 Å². The van der Waals surface area contributed by atoms with Gasteiger partial charge < -0.3 is 25.2 Å². The summed E-state index contributed by atoms with van der Waals surface area (Å²) >= 11 is 0. The van der Waals surface area contributed by atoms with Gasteiger partial charge in [0.1, 0.15) is 24.4 Å². The SMILES string of the molecule is CC1O[C@@H](C(=O)[C@@H]2CC[C@@]3(C)C(CC[C@]4(C)C3CC=C3C5CC(C)(C)CC[C@]5(C(=O)O)CC[C@]34C)C2(C)C)[C@@H](O)C(O)[C@H]1O. The van der Waals surface area contributed by atoms with E-state index in [1.165, 1.54) is 5.57 Å². The van der Waals surface area contributed by atoms with Crippen LogP contribution in [0.25, 0.3) is 0 Å². The highest BCUT2D eigenvalue weighted by atomic mass is 16.5. The smallest absolute Gasteiger partial charge is 0.310 e. The van der Waals surface area contributed by atoms with Crippen LogP contribution in [0, 0.1) is 56.2 Å². The third kappa shape index (κ3) is 4.20. The fourth-order valence-electron chi connectivity index (χ4n) is 12.6. The molecular formula is C37H58O7. The number of allylic oxidation sites excluding steroid dienone is 2. The molecule has 7 nitrogen and oxygen atoms in total. The van der Waals surface area contributed by atoms with Crippen LogP contribution in [0.3, 0.4) is 0 Å². The number of carbonyl (C=O) groups is 2. The summed E-state index contributed by atoms with van der Waals surface area (Å²) in [7, 11) is 0. The number of fused-ring (bicyclic) bond motifs is 7. The van der Waals surface area contributed by atoms with Crippen molar-refractivity contribution in [1.29, 1.82) is 0 Å². The Morgan fingerprint density at radius 3 is 2.14 bits per heavy atom. The molecular weight excluding hydrogens is 556 g/mol. The summed E-state index contributed by atoms with van der Waals surface area (Å²) in [5.74, 6) is -0.227. The molecule has 5 unspecified atom stereocenters. The third-order valence-electron chi connectivity index (χ3n) is 15.6. The average Bonchev–Trinajstić information content (AvgIpc) is 2.93. The van der Waals surface area contributed by atoms with Crippen molar-refractivity contribution in [3.63, 3.8) is 0 Å². The van der Waals surface area contributed by atoms with Crippen LogP contribution in [0.15, 0.2) is 11.6 Å². The molecule has 6 rings (SSSR count). The van der Waals surface area contributed by atoms with E-state index in [-0.39, 0.29) is 44.7 Å². The lowest BCUT2D eigenvalue weighted by Crippen LogP contribution is -2.66. The molecule has 4 saturated carbocycles. The predicted molar refractivity (Wildman–Crippen MR) is 168 cm³/mol. The Kier molecular flexibility index (Phi) is 7.50. The minimum Gasteiger partial charge on any atom is -0.481 e. The van der Waals surface area contributed by atoms with Crippen molar-refractivity contribution in [2.45, 2.75) is 150 Å². The van der Waals surface area contributed by atoms with Crippen molar-refractivity contribution in [3.05, 3.63) is 11.6 Å². The van der Waals surface area contributed by atoms with Crippen molar-refractivity contribution >= 4 is 11.8 Å². The molecule has 0 aromatic rings. The minimum atomic E-state index is -1.44. The first-order chi connectivity index (χ1) is 20.3. The van der Waals surface area contributed by atoms with E-state index in [2.05, 4.69) is 54.5 Å². The normalized spacial score (nSPS) is 52.8. The summed E-state index contributed by atoms with van der Waals surface area (Å²) in [4.78, 5) is 27.0. The van der Waals surface area contributed by atoms with Crippen molar-refractivity contribution in [2.75, 3.05) is 0 Å². The quantitative estimate of drug-likeness (QED) is 0.291. The third-order valence-corrected chi connectivity index (χ3v) is 15.6. The molecule has 13 atom stereocenters. The second-order valence-electron chi connectivity index (χ2n) is 18.2. The van der Waals surface area contributed by atoms with E-state index in [0.717, 1.165) is 57.8 Å². The first-order valence-electron chi connectivity index (χ1n) is 17.4. The number of ketones is 1. The highest BCUT2D eigenvalue weighted by Crippen LogP contribution is 2.76. The van der Waals surface area contributed by atoms with Crippen molar-refractivity contribution in [3.8, 4) is 0 Å². The zero-order valence-corrected chi connectivity index (χ0v) is 28.4. The number of rotatable bonds is 3. The molecule has 6 aliphatic rings. The number of aliphatic carboxylic acids is 1. The predicted octanol–water partition coefficient (Wildman–Crippen LogP) is 5.93. The van der Waals surface area contributed by atoms with Gasteiger partial charge in [0, 0.05) is 5.92 Å². The Morgan fingerprint density at radius 1 is 0.818 bits per heavy atom. The molecule has 5 aliphatic carbocycles. The van der Waals surface area contributed by atoms with Crippen LogP contribution in [0.4, 0.5) is 0 Å². The highest BCUT2D eigenvalue weighted by Gasteiger charge is 2.70. The minimum absolute atomic E-state index is 0.0144. The Hall–Kier alpha value is -1.28. The van der Waals surface area contributed by atoms with E-state index >= 15 is 0 Å². The fourth-order valence-corrected chi connectivity index (χ4v) is 12.6. The second-order valence-corrected chi connectivity index (χ2v) is 18.2. The summed E-state index contributed by atoms with van der Waals surface area (Å²) in [6.45, 7) is 18.2. The lowest BCUT2D eigenvalue weighted by molar-refractivity contribution is -0.225. The molecule has 0 bridgehead atoms. The molecule has 0 aromatic carbocycles. The lowest BCUT2D eigenvalue weighted by Gasteiger charge is -2.71. The van der Waals surface area contributed by atoms with Crippen LogP contribution >= 0.6 is 0 Å². The van der Waals surface area contributed by atoms with Crippen molar-refractivity contribution in [2.24, 2.45) is 56.2 Å². The fraction of sp³-hybridized carbons (Fsp3) is 0.892. The van der Waals surface area contributed by atoms with Crippen LogP contribution < -0.4 is 0 Å². The van der Waals surface area contributed by atoms with Gasteiger partial charge in [0.25, 0.3) is 0 Å². The number of hydrogen-bond donors (Lipinski definition) is 4. The number of aliphatic hydroxyl groups is 3. The van der Waals surface area contributed by atoms with Gasteiger partial charge in [-0.1, -0.05) is 60.1 Å². The molecule has 7 heteroatoms. The number of carbonyl (C=O) groups excluding carboxylic acids is 1. The van der Waals surface area contributed by atoms with Gasteiger partial charge in [0.15, 0.2) is 5.78 Å². The van der Waals surface area contributed by atoms with Crippen LogP contribution in [-0.4, -0.2) is 62.7 Å². The van der Waals surface area contributed by atoms with Gasteiger partial charge in [0.05, 0.1) is 11.5 Å². The monoisotopic (exact) mass is 614 g/mol. The summed E-state index contributed by atoms with van der Waals surface area (Å²) in [5, 5.41) is 42.1. The molecule has 5 fully saturated rings. The zero-order chi connectivity index (χ0) is 32.4. The van der Waals surface area contributed by atoms with Gasteiger partial charge in [-0.2, -0.15) is 0 Å². The van der Waals surface area contributed by atoms with E-state index in [0.29, 0.717) is 18.3 Å². The topological polar surface area (TPSA) is 124 Å². The maximum atomic E-state index is 14.1. The summed E-state index contributed by atoms with van der Waals surface area (Å²) in [5.41, 5.74) is 0.605. The van der Waals surface area contributed by atoms with Gasteiger partial charge in [-0.05, 0) is 116 Å². The van der Waals surface area contributed by atoms with Crippen LogP contribution in [0.2, 0.25) is 0 Å². The van der Waals surface area contributed by atoms with E-state index in [1.54, 1.807) is 6.92 Å². The Balaban J connectivity index is 1.32. The Bertz CT molecular complexity index is 1240. The second kappa shape index (κ2) is 10.1. The van der Waals surface area contributed by atoms with Gasteiger partial charge in [-0.15, -0.1) is 0 Å². The highest BCUT2D eigenvalue weighted by molar-refractivity contribution is 5.87. The maximum Gasteiger partial charge on any atom is 0.310 e. The Labute approximate surface area is 264 Å². The molecule has 0 radical (unpaired) electrons. The lowest BCUT2D eigenvalue weighted by atomic mass is 9.33. The van der Waals surface area contributed by atoms with Gasteiger partial charge >= 0.3 is 5.97 Å². The zero-order valence-electron chi connectivity index (χ0n) is 28.4. The summed E-state index contributed by atoms with van der Waals surface area (Å²) in [6, 6.07) is 0. The number of aliphatic hydroxyl groups excluding tert-OH is 3. The van der Waals surface area contributed by atoms with E-state index < -0.39 is 41.9 Å². The van der Waals surface area contributed by atoms with E-state index in [9.17, 15) is 30.0 Å². The summed E-state index contributed by atoms with van der Waals surface area (Å²) < 4.78 is 5.85. The molecule has 44 heavy (non-hydrogen) atoms. The summed E-state index contributed by atoms with van der Waals surface area (Å²) in [6.07, 6.45) is 5.54. The number of hydrogen-bond acceptors (Lipinski definition) is 6. The molecule has 0 spiro atoms. The molecule has 0 aromatic heterocycles. The van der Waals surface area contributed by atoms with Crippen molar-refractivity contribution < 1.29 is 34.8 Å². The van der Waals surface area contributed by atoms with Crippen molar-refractivity contribution in [1.82, 2.24) is 0 Å². The average molecular weight is 615 g/mol. The number of carboxylic acid groups (broad SMARTS) is 1. The van der Waals surface area contributed by atoms with Gasteiger partial charge in [0.2, 0.25) is 0 Å². The Morgan fingerprint density at radius 2 is 1.48 bits per heavy atom. The number of Topliss-reactive ketones (excluding diaryl/α,β-unsaturated/α-hetero) is 1. The van der Waals surface area contributed by atoms with E-state index in [4.69, 9.17) is 4.74 Å². The standard InChI is InChI=1S/C37H58O7/c1-20-26(38)28(40)29(41)30(44-20)27(39)22-11-13-34(6)24(33(22,4)5)12-14-36(8)25(34)10-9-21-23-19-32(2,3)15-17-37(23,31(42)43)18-16-35(21,36)7/h9,20,22-26,28-30,38,40-41H,10-19H2,1-8H3,(H,42,43)/t20?,22-,23?,24?,25?,26-,28?,29-,30-,34-,35+,36+,37-/m0/s1. The molecule has 0 amide bonds. The number of carboxylic acids is 1. The molecule has 4 N–H and O–H groups in total. The molecule has 1 saturated heterocycles. The van der Waals surface area contributed by atoms with E-state index in [1.807, 2.05) is 0 Å². The molecule has 1 aliphatic heterocycles. The first-order valence-corrected chi connectivity index (χ1v) is 17.4. The number of ether oxygens (including phenoxy) is 1. The first kappa shape index (κ1) is 32.7. The van der Waals surface area contributed by atoms with Gasteiger partial charge in [-0.3, -0.25) is 9.59 Å². The van der Waals surface area contributed by atoms with Crippen LogP contribution in [0.5, 0.6) is 0 Å². The van der Waals surface area contributed by atoms with Crippen LogP contribution in [0.1, 0.15) is 120 Å². The van der Waals surface area contributed by atoms with Gasteiger partial charge in [-0.25, -0.2) is 0 Å². The molecule has 1 heterocycles.